The first-order valence-corrected chi connectivity index (χ1v) is 7.67. The summed E-state index contributed by atoms with van der Waals surface area (Å²) in [6, 6.07) is -0.776. The molecule has 2 N–H and O–H groups in total. The van der Waals surface area contributed by atoms with Crippen LogP contribution in [-0.2, 0) is 14.3 Å². The number of imide groups is 1. The van der Waals surface area contributed by atoms with Crippen molar-refractivity contribution in [3.05, 3.63) is 0 Å². The van der Waals surface area contributed by atoms with Gasteiger partial charge in [-0.25, -0.2) is 4.79 Å². The largest absolute Gasteiger partial charge is 0.350 e. The van der Waals surface area contributed by atoms with Gasteiger partial charge in [0.2, 0.25) is 5.91 Å². The Morgan fingerprint density at radius 3 is 2.71 bits per heavy atom. The molecule has 2 heterocycles. The molecule has 120 valence electrons. The fourth-order valence-electron chi connectivity index (χ4n) is 2.85. The van der Waals surface area contributed by atoms with Crippen LogP contribution in [-0.4, -0.2) is 62.0 Å². The Morgan fingerprint density at radius 1 is 1.33 bits per heavy atom. The van der Waals surface area contributed by atoms with Crippen LogP contribution < -0.4 is 10.6 Å². The topological polar surface area (TPSA) is 79.9 Å². The van der Waals surface area contributed by atoms with Crippen LogP contribution in [0.5, 0.6) is 0 Å². The Morgan fingerprint density at radius 2 is 2.05 bits per heavy atom. The second-order valence-electron chi connectivity index (χ2n) is 5.53. The molecule has 7 heteroatoms. The van der Waals surface area contributed by atoms with E-state index in [-0.39, 0.29) is 18.2 Å². The molecule has 0 aliphatic carbocycles. The molecule has 2 fully saturated rings. The summed E-state index contributed by atoms with van der Waals surface area (Å²) in [6.07, 6.45) is 1.91. The highest BCUT2D eigenvalue weighted by molar-refractivity contribution is 5.96. The summed E-state index contributed by atoms with van der Waals surface area (Å²) >= 11 is 0. The Kier molecular flexibility index (Phi) is 5.96. The van der Waals surface area contributed by atoms with Gasteiger partial charge in [0, 0.05) is 19.0 Å². The molecule has 0 unspecified atom stereocenters. The van der Waals surface area contributed by atoms with Crippen molar-refractivity contribution in [3.8, 4) is 0 Å². The highest BCUT2D eigenvalue weighted by atomic mass is 16.7. The summed E-state index contributed by atoms with van der Waals surface area (Å²) in [5.74, 6) is 0.0239. The molecule has 2 aliphatic rings. The Bertz CT molecular complexity index is 371. The quantitative estimate of drug-likeness (QED) is 0.781. The fourth-order valence-corrected chi connectivity index (χ4v) is 2.85. The lowest BCUT2D eigenvalue weighted by molar-refractivity contribution is -0.129. The zero-order chi connectivity index (χ0) is 15.2. The number of hydrogen-bond donors (Lipinski definition) is 2. The molecular formula is C14H25N3O4. The minimum atomic E-state index is -0.439. The minimum absolute atomic E-state index is 0.147. The second kappa shape index (κ2) is 7.72. The number of nitrogens with one attached hydrogen (secondary N) is 2. The van der Waals surface area contributed by atoms with Crippen molar-refractivity contribution >= 4 is 11.9 Å². The molecule has 2 saturated heterocycles. The van der Waals surface area contributed by atoms with E-state index in [1.54, 1.807) is 0 Å². The number of urea groups is 1. The van der Waals surface area contributed by atoms with Crippen molar-refractivity contribution in [2.45, 2.75) is 39.0 Å². The summed E-state index contributed by atoms with van der Waals surface area (Å²) in [6.45, 7) is 7.04. The van der Waals surface area contributed by atoms with Gasteiger partial charge in [-0.2, -0.15) is 0 Å². The first kappa shape index (κ1) is 16.2. The van der Waals surface area contributed by atoms with E-state index < -0.39 is 6.03 Å². The van der Waals surface area contributed by atoms with E-state index in [1.165, 1.54) is 0 Å². The van der Waals surface area contributed by atoms with Gasteiger partial charge in [-0.15, -0.1) is 0 Å². The average Bonchev–Trinajstić information content (AvgIpc) is 3.01. The van der Waals surface area contributed by atoms with Gasteiger partial charge in [0.05, 0.1) is 19.3 Å². The molecule has 0 aromatic rings. The van der Waals surface area contributed by atoms with E-state index in [9.17, 15) is 9.59 Å². The van der Waals surface area contributed by atoms with Crippen LogP contribution in [0.4, 0.5) is 4.79 Å². The third kappa shape index (κ3) is 4.39. The van der Waals surface area contributed by atoms with Crippen LogP contribution in [0.15, 0.2) is 0 Å². The highest BCUT2D eigenvalue weighted by Crippen LogP contribution is 2.25. The zero-order valence-electron chi connectivity index (χ0n) is 12.8. The normalized spacial score (nSPS) is 25.5. The Hall–Kier alpha value is -1.18. The number of rotatable bonds is 4. The predicted octanol–water partition coefficient (Wildman–Crippen LogP) is 0.306. The first-order chi connectivity index (χ1) is 10.1. The predicted molar refractivity (Wildman–Crippen MR) is 76.7 cm³/mol. The van der Waals surface area contributed by atoms with Gasteiger partial charge in [-0.1, -0.05) is 0 Å². The Labute approximate surface area is 125 Å². The van der Waals surface area contributed by atoms with E-state index in [4.69, 9.17) is 9.47 Å². The van der Waals surface area contributed by atoms with E-state index in [1.807, 2.05) is 13.8 Å². The summed E-state index contributed by atoms with van der Waals surface area (Å²) < 4.78 is 11.1. The molecule has 3 amide bonds. The molecule has 0 aromatic carbocycles. The van der Waals surface area contributed by atoms with E-state index >= 15 is 0 Å². The van der Waals surface area contributed by atoms with Gasteiger partial charge in [0.15, 0.2) is 6.29 Å². The molecular weight excluding hydrogens is 274 g/mol. The highest BCUT2D eigenvalue weighted by Gasteiger charge is 2.34. The number of nitrogens with zero attached hydrogens (tertiary/aromatic N) is 1. The van der Waals surface area contributed by atoms with Gasteiger partial charge >= 0.3 is 6.03 Å². The third-order valence-corrected chi connectivity index (χ3v) is 4.02. The lowest BCUT2D eigenvalue weighted by Gasteiger charge is -2.37. The molecule has 7 nitrogen and oxygen atoms in total. The van der Waals surface area contributed by atoms with Crippen LogP contribution in [0.3, 0.4) is 0 Å². The van der Waals surface area contributed by atoms with Gasteiger partial charge in [-0.3, -0.25) is 15.0 Å². The van der Waals surface area contributed by atoms with Crippen molar-refractivity contribution in [1.29, 1.82) is 0 Å². The second-order valence-corrected chi connectivity index (χ2v) is 5.53. The van der Waals surface area contributed by atoms with Crippen molar-refractivity contribution in [2.75, 3.05) is 32.8 Å². The number of amides is 3. The van der Waals surface area contributed by atoms with Crippen LogP contribution in [0.2, 0.25) is 0 Å². The maximum Gasteiger partial charge on any atom is 0.321 e. The smallest absolute Gasteiger partial charge is 0.321 e. The van der Waals surface area contributed by atoms with Crippen molar-refractivity contribution in [1.82, 2.24) is 15.5 Å². The van der Waals surface area contributed by atoms with Crippen LogP contribution in [0, 0.1) is 5.92 Å². The molecule has 0 radical (unpaired) electrons. The Balaban J connectivity index is 1.84. The number of ether oxygens (including phenoxy) is 2. The monoisotopic (exact) mass is 299 g/mol. The maximum atomic E-state index is 12.1. The summed E-state index contributed by atoms with van der Waals surface area (Å²) in [4.78, 5) is 25.6. The molecule has 0 aromatic heterocycles. The van der Waals surface area contributed by atoms with Crippen LogP contribution >= 0.6 is 0 Å². The number of piperidine rings is 1. The van der Waals surface area contributed by atoms with Crippen molar-refractivity contribution in [3.63, 3.8) is 0 Å². The zero-order valence-corrected chi connectivity index (χ0v) is 12.8. The summed E-state index contributed by atoms with van der Waals surface area (Å²) in [7, 11) is 0. The van der Waals surface area contributed by atoms with Gasteiger partial charge in [0.25, 0.3) is 0 Å². The summed E-state index contributed by atoms with van der Waals surface area (Å²) in [5, 5.41) is 4.93. The minimum Gasteiger partial charge on any atom is -0.350 e. The average molecular weight is 299 g/mol. The molecule has 0 saturated carbocycles. The molecule has 0 spiro atoms. The fraction of sp³-hybridized carbons (Fsp3) is 0.857. The van der Waals surface area contributed by atoms with Crippen molar-refractivity contribution in [2.24, 2.45) is 5.92 Å². The van der Waals surface area contributed by atoms with Gasteiger partial charge in [-0.05, 0) is 33.2 Å². The third-order valence-electron chi connectivity index (χ3n) is 4.02. The molecule has 2 rings (SSSR count). The van der Waals surface area contributed by atoms with Gasteiger partial charge in [0.1, 0.15) is 0 Å². The molecule has 2 atom stereocenters. The lowest BCUT2D eigenvalue weighted by Crippen LogP contribution is -2.53. The lowest BCUT2D eigenvalue weighted by atomic mass is 9.96. The van der Waals surface area contributed by atoms with Gasteiger partial charge < -0.3 is 14.8 Å². The maximum absolute atomic E-state index is 12.1. The SMILES string of the molecule is CCNC(=O)NC(=O)[C@@H](C)N1CCC[C@H](C2OCCO2)C1. The number of hydrogen-bond acceptors (Lipinski definition) is 5. The van der Waals surface area contributed by atoms with Crippen LogP contribution in [0.1, 0.15) is 26.7 Å². The van der Waals surface area contributed by atoms with E-state index in [2.05, 4.69) is 15.5 Å². The summed E-state index contributed by atoms with van der Waals surface area (Å²) in [5.41, 5.74) is 0. The molecule has 2 aliphatic heterocycles. The molecule has 21 heavy (non-hydrogen) atoms. The number of likely N-dealkylation sites (tertiary alicyclic amines) is 1. The number of carbonyl (C=O) groups excluding carboxylic acids is 2. The van der Waals surface area contributed by atoms with E-state index in [0.29, 0.717) is 25.7 Å². The molecule has 0 bridgehead atoms. The van der Waals surface area contributed by atoms with Crippen molar-refractivity contribution < 1.29 is 19.1 Å². The first-order valence-electron chi connectivity index (χ1n) is 7.67. The standard InChI is InChI=1S/C14H25N3O4/c1-3-15-14(19)16-12(18)10(2)17-6-4-5-11(9-17)13-20-7-8-21-13/h10-11,13H,3-9H2,1-2H3,(H2,15,16,18,19)/t10-,11+/m1/s1. The van der Waals surface area contributed by atoms with E-state index in [0.717, 1.165) is 25.9 Å². The van der Waals surface area contributed by atoms with Crippen LogP contribution in [0.25, 0.3) is 0 Å². The number of carbonyl (C=O) groups is 2.